The molecule has 0 nitrogen and oxygen atoms in total. The molecule has 0 rings (SSSR count). The Hall–Kier alpha value is 0.610. The van der Waals surface area contributed by atoms with Crippen LogP contribution in [-0.2, 0) is 0 Å². The Labute approximate surface area is 58.1 Å². The highest BCUT2D eigenvalue weighted by molar-refractivity contribution is 6.67. The number of halogens is 3. The minimum absolute atomic E-state index is 0.400. The van der Waals surface area contributed by atoms with Crippen molar-refractivity contribution < 1.29 is 0 Å². The molecule has 0 aliphatic heterocycles. The molecule has 0 radical (unpaired) electrons. The maximum Gasteiger partial charge on any atom is 0.194 e. The van der Waals surface area contributed by atoms with Crippen molar-refractivity contribution in [2.45, 2.75) is 10.2 Å². The molecule has 0 amide bonds. The van der Waals surface area contributed by atoms with E-state index in [0.29, 0.717) is 6.42 Å². The lowest BCUT2D eigenvalue weighted by Gasteiger charge is -2.03. The summed E-state index contributed by atoms with van der Waals surface area (Å²) in [6.07, 6.45) is 1.96. The largest absolute Gasteiger partial charge is 0.194 e. The van der Waals surface area contributed by atoms with Gasteiger partial charge >= 0.3 is 0 Å². The summed E-state index contributed by atoms with van der Waals surface area (Å²) in [5.41, 5.74) is 0. The maximum atomic E-state index is 5.29. The monoisotopic (exact) mass is 158 g/mol. The second kappa shape index (κ2) is 2.81. The molecule has 3 heteroatoms. The van der Waals surface area contributed by atoms with Gasteiger partial charge in [-0.3, -0.25) is 0 Å². The Morgan fingerprint density at radius 2 is 1.86 bits per heavy atom. The molecule has 0 N–H and O–H groups in total. The highest BCUT2D eigenvalue weighted by Gasteiger charge is 2.15. The molecule has 0 bridgehead atoms. The first-order valence-electron chi connectivity index (χ1n) is 1.74. The molecule has 0 fully saturated rings. The summed E-state index contributed by atoms with van der Waals surface area (Å²) in [5, 5.41) is 0. The van der Waals surface area contributed by atoms with Gasteiger partial charge in [-0.2, -0.15) is 0 Å². The van der Waals surface area contributed by atoms with E-state index in [2.05, 4.69) is 6.58 Å². The van der Waals surface area contributed by atoms with E-state index in [0.717, 1.165) is 0 Å². The number of hydrogen-bond acceptors (Lipinski definition) is 0. The van der Waals surface area contributed by atoms with Crippen LogP contribution in [0.25, 0.3) is 0 Å². The maximum absolute atomic E-state index is 5.29. The van der Waals surface area contributed by atoms with Crippen LogP contribution in [0.5, 0.6) is 0 Å². The minimum Gasteiger partial charge on any atom is -0.103 e. The predicted molar refractivity (Wildman–Crippen MR) is 35.1 cm³/mol. The first-order chi connectivity index (χ1) is 3.06. The zero-order valence-corrected chi connectivity index (χ0v) is 5.89. The normalized spacial score (nSPS) is 11.3. The van der Waals surface area contributed by atoms with E-state index in [-0.39, 0.29) is 0 Å². The van der Waals surface area contributed by atoms with E-state index >= 15 is 0 Å². The highest BCUT2D eigenvalue weighted by Crippen LogP contribution is 2.29. The first kappa shape index (κ1) is 7.61. The summed E-state index contributed by atoms with van der Waals surface area (Å²) in [6.45, 7) is 3.39. The van der Waals surface area contributed by atoms with Crippen molar-refractivity contribution in [3.63, 3.8) is 0 Å². The molecule has 0 aliphatic rings. The second-order valence-corrected chi connectivity index (χ2v) is 3.62. The third kappa shape index (κ3) is 6.61. The lowest BCUT2D eigenvalue weighted by molar-refractivity contribution is 1.08. The van der Waals surface area contributed by atoms with Gasteiger partial charge in [0.2, 0.25) is 0 Å². The molecular formula is C4H5Cl3. The third-order valence-electron chi connectivity index (χ3n) is 0.376. The number of allylic oxidation sites excluding steroid dienone is 1. The van der Waals surface area contributed by atoms with Gasteiger partial charge in [0.25, 0.3) is 0 Å². The molecule has 0 heterocycles. The molecule has 0 aromatic heterocycles. The van der Waals surface area contributed by atoms with Crippen LogP contribution in [0, 0.1) is 0 Å². The van der Waals surface area contributed by atoms with Gasteiger partial charge in [-0.25, -0.2) is 0 Å². The SMILES string of the molecule is C=CCC(Cl)(Cl)Cl. The molecule has 0 saturated carbocycles. The second-order valence-electron chi connectivity index (χ2n) is 1.11. The molecular weight excluding hydrogens is 154 g/mol. The van der Waals surface area contributed by atoms with Gasteiger partial charge in [-0.15, -0.1) is 6.58 Å². The smallest absolute Gasteiger partial charge is 0.103 e. The quantitative estimate of drug-likeness (QED) is 0.408. The van der Waals surface area contributed by atoms with E-state index in [9.17, 15) is 0 Å². The summed E-state index contributed by atoms with van der Waals surface area (Å²) in [7, 11) is 0. The van der Waals surface area contributed by atoms with Gasteiger partial charge in [0, 0.05) is 6.42 Å². The van der Waals surface area contributed by atoms with E-state index in [1.165, 1.54) is 0 Å². The fourth-order valence-corrected chi connectivity index (χ4v) is 0.491. The van der Waals surface area contributed by atoms with Gasteiger partial charge in [-0.05, 0) is 0 Å². The number of hydrogen-bond donors (Lipinski definition) is 0. The summed E-state index contributed by atoms with van der Waals surface area (Å²) >= 11 is 15.9. The molecule has 0 atom stereocenters. The lowest BCUT2D eigenvalue weighted by Crippen LogP contribution is -1.97. The number of alkyl halides is 3. The van der Waals surface area contributed by atoms with Crippen molar-refractivity contribution in [3.05, 3.63) is 12.7 Å². The average Bonchev–Trinajstić information content (AvgIpc) is 1.30. The van der Waals surface area contributed by atoms with Crippen molar-refractivity contribution in [2.24, 2.45) is 0 Å². The van der Waals surface area contributed by atoms with Crippen molar-refractivity contribution in [2.75, 3.05) is 0 Å². The third-order valence-corrected chi connectivity index (χ3v) is 0.839. The van der Waals surface area contributed by atoms with Crippen LogP contribution in [0.1, 0.15) is 6.42 Å². The fourth-order valence-electron chi connectivity index (χ4n) is 0.164. The Kier molecular flexibility index (Phi) is 3.05. The summed E-state index contributed by atoms with van der Waals surface area (Å²) < 4.78 is -1.15. The molecule has 0 aromatic rings. The van der Waals surface area contributed by atoms with Crippen molar-refractivity contribution >= 4 is 34.8 Å². The van der Waals surface area contributed by atoms with Gasteiger partial charge in [0.05, 0.1) is 0 Å². The predicted octanol–water partition coefficient (Wildman–Crippen LogP) is 2.93. The first-order valence-corrected chi connectivity index (χ1v) is 2.87. The van der Waals surface area contributed by atoms with Gasteiger partial charge < -0.3 is 0 Å². The lowest BCUT2D eigenvalue weighted by atomic mass is 10.5. The van der Waals surface area contributed by atoms with Crippen molar-refractivity contribution in [1.82, 2.24) is 0 Å². The standard InChI is InChI=1S/C4H5Cl3/c1-2-3-4(5,6)7/h2H,1,3H2. The van der Waals surface area contributed by atoms with Crippen LogP contribution >= 0.6 is 34.8 Å². The van der Waals surface area contributed by atoms with Crippen LogP contribution in [0.3, 0.4) is 0 Å². The van der Waals surface area contributed by atoms with Crippen molar-refractivity contribution in [3.8, 4) is 0 Å². The minimum atomic E-state index is -1.15. The highest BCUT2D eigenvalue weighted by atomic mass is 35.6. The molecule has 0 aliphatic carbocycles. The van der Waals surface area contributed by atoms with Crippen LogP contribution in [0.15, 0.2) is 12.7 Å². The fraction of sp³-hybridized carbons (Fsp3) is 0.500. The summed E-state index contributed by atoms with van der Waals surface area (Å²) in [4.78, 5) is 0. The van der Waals surface area contributed by atoms with Crippen LogP contribution < -0.4 is 0 Å². The molecule has 0 saturated heterocycles. The molecule has 0 unspecified atom stereocenters. The molecule has 7 heavy (non-hydrogen) atoms. The van der Waals surface area contributed by atoms with Crippen LogP contribution in [-0.4, -0.2) is 3.79 Å². The Morgan fingerprint density at radius 3 is 1.86 bits per heavy atom. The van der Waals surface area contributed by atoms with E-state index in [4.69, 9.17) is 34.8 Å². The van der Waals surface area contributed by atoms with E-state index < -0.39 is 3.79 Å². The topological polar surface area (TPSA) is 0 Å². The van der Waals surface area contributed by atoms with E-state index in [1.54, 1.807) is 6.08 Å². The summed E-state index contributed by atoms with van der Waals surface area (Å²) in [6, 6.07) is 0. The summed E-state index contributed by atoms with van der Waals surface area (Å²) in [5.74, 6) is 0. The van der Waals surface area contributed by atoms with Crippen LogP contribution in [0.4, 0.5) is 0 Å². The number of rotatable bonds is 1. The molecule has 0 spiro atoms. The zero-order valence-electron chi connectivity index (χ0n) is 3.63. The average molecular weight is 159 g/mol. The molecule has 42 valence electrons. The zero-order chi connectivity index (χ0) is 5.91. The van der Waals surface area contributed by atoms with Gasteiger partial charge in [-0.1, -0.05) is 40.9 Å². The molecule has 0 aromatic carbocycles. The van der Waals surface area contributed by atoms with Crippen LogP contribution in [0.2, 0.25) is 0 Å². The van der Waals surface area contributed by atoms with Gasteiger partial charge in [0.15, 0.2) is 3.79 Å². The Bertz CT molecular complexity index is 61.8. The van der Waals surface area contributed by atoms with Gasteiger partial charge in [0.1, 0.15) is 0 Å². The van der Waals surface area contributed by atoms with E-state index in [1.807, 2.05) is 0 Å². The Balaban J connectivity index is 3.34. The van der Waals surface area contributed by atoms with Crippen molar-refractivity contribution in [1.29, 1.82) is 0 Å². The Morgan fingerprint density at radius 1 is 1.43 bits per heavy atom.